The monoisotopic (exact) mass is 194 g/mol. The van der Waals surface area contributed by atoms with Gasteiger partial charge in [0.05, 0.1) is 0 Å². The van der Waals surface area contributed by atoms with Crippen molar-refractivity contribution >= 4 is 5.95 Å². The van der Waals surface area contributed by atoms with Crippen molar-refractivity contribution in [2.75, 3.05) is 11.9 Å². The van der Waals surface area contributed by atoms with E-state index in [2.05, 4.69) is 29.1 Å². The largest absolute Gasteiger partial charge is 0.351 e. The summed E-state index contributed by atoms with van der Waals surface area (Å²) in [6.07, 6.45) is 3.60. The molecule has 78 valence electrons. The van der Waals surface area contributed by atoms with Crippen molar-refractivity contribution in [3.8, 4) is 0 Å². The van der Waals surface area contributed by atoms with E-state index in [1.165, 1.54) is 0 Å². The molecule has 1 heterocycles. The number of hydrogen-bond donors (Lipinski definition) is 2. The lowest BCUT2D eigenvalue weighted by atomic mass is 10.0. The van der Waals surface area contributed by atoms with Gasteiger partial charge in [-0.15, -0.1) is 0 Å². The Balaban J connectivity index is 2.56. The number of hydrogen-bond acceptors (Lipinski definition) is 4. The van der Waals surface area contributed by atoms with Gasteiger partial charge in [-0.1, -0.05) is 6.92 Å². The first-order valence-corrected chi connectivity index (χ1v) is 4.88. The van der Waals surface area contributed by atoms with Crippen LogP contribution in [0.4, 0.5) is 5.95 Å². The van der Waals surface area contributed by atoms with Crippen LogP contribution in [-0.2, 0) is 0 Å². The molecule has 0 saturated carbocycles. The van der Waals surface area contributed by atoms with Crippen molar-refractivity contribution in [3.05, 3.63) is 18.0 Å². The summed E-state index contributed by atoms with van der Waals surface area (Å²) in [6, 6.07) is 0.294. The zero-order valence-electron chi connectivity index (χ0n) is 8.99. The minimum Gasteiger partial charge on any atom is -0.351 e. The van der Waals surface area contributed by atoms with Gasteiger partial charge in [-0.05, 0) is 31.9 Å². The van der Waals surface area contributed by atoms with Crippen molar-refractivity contribution in [1.29, 1.82) is 0 Å². The molecule has 0 saturated heterocycles. The van der Waals surface area contributed by atoms with Crippen molar-refractivity contribution in [2.45, 2.75) is 26.8 Å². The maximum atomic E-state index is 5.57. The number of rotatable bonds is 4. The maximum absolute atomic E-state index is 5.57. The van der Waals surface area contributed by atoms with Gasteiger partial charge in [-0.3, -0.25) is 0 Å². The average molecular weight is 194 g/mol. The fourth-order valence-corrected chi connectivity index (χ4v) is 1.02. The highest BCUT2D eigenvalue weighted by molar-refractivity contribution is 5.25. The van der Waals surface area contributed by atoms with E-state index in [-0.39, 0.29) is 0 Å². The molecule has 1 aromatic heterocycles. The Morgan fingerprint density at radius 3 is 2.43 bits per heavy atom. The molecule has 0 aromatic carbocycles. The first-order valence-electron chi connectivity index (χ1n) is 4.88. The van der Waals surface area contributed by atoms with Crippen LogP contribution in [0.1, 0.15) is 19.4 Å². The van der Waals surface area contributed by atoms with E-state index in [9.17, 15) is 0 Å². The molecule has 2 atom stereocenters. The van der Waals surface area contributed by atoms with Crippen molar-refractivity contribution in [3.63, 3.8) is 0 Å². The zero-order valence-corrected chi connectivity index (χ0v) is 8.99. The van der Waals surface area contributed by atoms with E-state index >= 15 is 0 Å². The molecule has 3 N–H and O–H groups in total. The number of aromatic nitrogens is 2. The van der Waals surface area contributed by atoms with Crippen LogP contribution in [0.5, 0.6) is 0 Å². The van der Waals surface area contributed by atoms with Crippen LogP contribution in [0, 0.1) is 12.8 Å². The molecule has 14 heavy (non-hydrogen) atoms. The molecule has 4 heteroatoms. The number of aryl methyl sites for hydroxylation is 1. The van der Waals surface area contributed by atoms with Gasteiger partial charge in [0.25, 0.3) is 0 Å². The first kappa shape index (κ1) is 10.9. The second kappa shape index (κ2) is 4.91. The summed E-state index contributed by atoms with van der Waals surface area (Å²) in [6.45, 7) is 6.82. The van der Waals surface area contributed by atoms with E-state index in [1.807, 2.05) is 6.92 Å². The standard InChI is InChI=1S/C10H18N4/c1-7-5-12-10(13-6-7)14-9(3)8(2)4-11/h5-6,8-9H,4,11H2,1-3H3,(H,12,13,14). The molecular weight excluding hydrogens is 176 g/mol. The smallest absolute Gasteiger partial charge is 0.222 e. The topological polar surface area (TPSA) is 63.8 Å². The summed E-state index contributed by atoms with van der Waals surface area (Å²) in [5.74, 6) is 1.09. The Hall–Kier alpha value is -1.16. The number of anilines is 1. The highest BCUT2D eigenvalue weighted by Gasteiger charge is 2.10. The third kappa shape index (κ3) is 2.96. The van der Waals surface area contributed by atoms with Gasteiger partial charge >= 0.3 is 0 Å². The maximum Gasteiger partial charge on any atom is 0.222 e. The lowest BCUT2D eigenvalue weighted by Gasteiger charge is -2.19. The molecule has 1 aromatic rings. The molecule has 0 radical (unpaired) electrons. The highest BCUT2D eigenvalue weighted by Crippen LogP contribution is 2.06. The van der Waals surface area contributed by atoms with E-state index in [1.54, 1.807) is 12.4 Å². The van der Waals surface area contributed by atoms with Crippen LogP contribution in [0.3, 0.4) is 0 Å². The van der Waals surface area contributed by atoms with Gasteiger partial charge in [0.1, 0.15) is 0 Å². The zero-order chi connectivity index (χ0) is 10.6. The van der Waals surface area contributed by atoms with E-state index in [4.69, 9.17) is 5.73 Å². The fraction of sp³-hybridized carbons (Fsp3) is 0.600. The van der Waals surface area contributed by atoms with Gasteiger partial charge in [0, 0.05) is 18.4 Å². The second-order valence-corrected chi connectivity index (χ2v) is 3.73. The molecule has 0 fully saturated rings. The van der Waals surface area contributed by atoms with Gasteiger partial charge < -0.3 is 11.1 Å². The third-order valence-corrected chi connectivity index (χ3v) is 2.36. The first-order chi connectivity index (χ1) is 6.63. The van der Waals surface area contributed by atoms with Gasteiger partial charge in [0.15, 0.2) is 0 Å². The molecule has 1 rings (SSSR count). The minimum absolute atomic E-state index is 0.294. The quantitative estimate of drug-likeness (QED) is 0.755. The van der Waals surface area contributed by atoms with E-state index in [0.29, 0.717) is 24.5 Å². The predicted octanol–water partition coefficient (Wildman–Crippen LogP) is 1.18. The van der Waals surface area contributed by atoms with Crippen molar-refractivity contribution < 1.29 is 0 Å². The summed E-state index contributed by atoms with van der Waals surface area (Å²) >= 11 is 0. The van der Waals surface area contributed by atoms with Crippen LogP contribution in [0.15, 0.2) is 12.4 Å². The Labute approximate surface area is 85.0 Å². The van der Waals surface area contributed by atoms with Crippen LogP contribution in [-0.4, -0.2) is 22.6 Å². The second-order valence-electron chi connectivity index (χ2n) is 3.73. The summed E-state index contributed by atoms with van der Waals surface area (Å²) in [4.78, 5) is 8.34. The van der Waals surface area contributed by atoms with Crippen LogP contribution in [0.2, 0.25) is 0 Å². The summed E-state index contributed by atoms with van der Waals surface area (Å²) in [7, 11) is 0. The highest BCUT2D eigenvalue weighted by atomic mass is 15.1. The lowest BCUT2D eigenvalue weighted by Crippen LogP contribution is -2.30. The average Bonchev–Trinajstić information content (AvgIpc) is 2.20. The van der Waals surface area contributed by atoms with Crippen molar-refractivity contribution in [2.24, 2.45) is 11.7 Å². The van der Waals surface area contributed by atoms with E-state index < -0.39 is 0 Å². The van der Waals surface area contributed by atoms with Gasteiger partial charge in [-0.25, -0.2) is 9.97 Å². The third-order valence-electron chi connectivity index (χ3n) is 2.36. The molecule has 0 amide bonds. The molecule has 0 spiro atoms. The predicted molar refractivity (Wildman–Crippen MR) is 58.1 cm³/mol. The molecule has 4 nitrogen and oxygen atoms in total. The Morgan fingerprint density at radius 1 is 1.36 bits per heavy atom. The van der Waals surface area contributed by atoms with Crippen LogP contribution >= 0.6 is 0 Å². The molecular formula is C10H18N4. The molecule has 0 aliphatic heterocycles. The number of nitrogens with two attached hydrogens (primary N) is 1. The Kier molecular flexibility index (Phi) is 3.83. The van der Waals surface area contributed by atoms with Crippen molar-refractivity contribution in [1.82, 2.24) is 9.97 Å². The minimum atomic E-state index is 0.294. The number of nitrogens with one attached hydrogen (secondary N) is 1. The normalized spacial score (nSPS) is 14.9. The Morgan fingerprint density at radius 2 is 1.93 bits per heavy atom. The van der Waals surface area contributed by atoms with Gasteiger partial charge in [0.2, 0.25) is 5.95 Å². The Bertz CT molecular complexity index is 270. The lowest BCUT2D eigenvalue weighted by molar-refractivity contribution is 0.518. The van der Waals surface area contributed by atoms with Crippen LogP contribution in [0.25, 0.3) is 0 Å². The molecule has 2 unspecified atom stereocenters. The molecule has 0 bridgehead atoms. The number of nitrogens with zero attached hydrogens (tertiary/aromatic N) is 2. The van der Waals surface area contributed by atoms with Gasteiger partial charge in [-0.2, -0.15) is 0 Å². The summed E-state index contributed by atoms with van der Waals surface area (Å²) in [5, 5.41) is 3.22. The van der Waals surface area contributed by atoms with Crippen LogP contribution < -0.4 is 11.1 Å². The SMILES string of the molecule is Cc1cnc(NC(C)C(C)CN)nc1. The molecule has 0 aliphatic rings. The fourth-order valence-electron chi connectivity index (χ4n) is 1.02. The summed E-state index contributed by atoms with van der Waals surface area (Å²) < 4.78 is 0. The van der Waals surface area contributed by atoms with E-state index in [0.717, 1.165) is 5.56 Å². The molecule has 0 aliphatic carbocycles. The summed E-state index contributed by atoms with van der Waals surface area (Å²) in [5.41, 5.74) is 6.63.